The lowest BCUT2D eigenvalue weighted by atomic mass is 10.1. The minimum absolute atomic E-state index is 0.142. The number of phenolic OH excluding ortho intramolecular Hbond substituents is 1. The van der Waals surface area contributed by atoms with Gasteiger partial charge in [0.2, 0.25) is 0 Å². The van der Waals surface area contributed by atoms with Gasteiger partial charge >= 0.3 is 11.9 Å². The van der Waals surface area contributed by atoms with Crippen molar-refractivity contribution in [2.24, 2.45) is 0 Å². The summed E-state index contributed by atoms with van der Waals surface area (Å²) in [5.41, 5.74) is 3.62. The topological polar surface area (TPSA) is 130 Å². The van der Waals surface area contributed by atoms with Crippen LogP contribution in [-0.2, 0) is 16.1 Å². The zero-order valence-electron chi connectivity index (χ0n) is 22.7. The third-order valence-corrected chi connectivity index (χ3v) is 7.92. The van der Waals surface area contributed by atoms with Crippen molar-refractivity contribution in [2.45, 2.75) is 42.1 Å². The van der Waals surface area contributed by atoms with Crippen molar-refractivity contribution >= 4 is 41.0 Å². The maximum Gasteiger partial charge on any atom is 0.328 e. The van der Waals surface area contributed by atoms with Crippen molar-refractivity contribution in [1.82, 2.24) is 10.2 Å². The van der Waals surface area contributed by atoms with Crippen molar-refractivity contribution in [1.29, 1.82) is 0 Å². The molecule has 3 aromatic carbocycles. The number of aliphatic carboxylic acids is 2. The number of fused-ring (bicyclic) bond motifs is 2. The van der Waals surface area contributed by atoms with Crippen LogP contribution in [0.2, 0.25) is 0 Å². The highest BCUT2D eigenvalue weighted by Crippen LogP contribution is 2.49. The van der Waals surface area contributed by atoms with Gasteiger partial charge < -0.3 is 30.4 Å². The predicted octanol–water partition coefficient (Wildman–Crippen LogP) is 5.12. The van der Waals surface area contributed by atoms with E-state index in [1.807, 2.05) is 24.3 Å². The minimum Gasteiger partial charge on any atom is -0.508 e. The average Bonchev–Trinajstić information content (AvgIpc) is 3.47. The summed E-state index contributed by atoms with van der Waals surface area (Å²) in [7, 11) is 0. The summed E-state index contributed by atoms with van der Waals surface area (Å²) < 4.78 is 0. The van der Waals surface area contributed by atoms with Crippen molar-refractivity contribution in [2.75, 3.05) is 24.5 Å². The summed E-state index contributed by atoms with van der Waals surface area (Å²) in [5.74, 6) is -2.46. The standard InChI is InChI=1S/C27H29N3O2S.C4H4O4/c1-19(18-29-14-6-7-15-29)30-22-9-3-5-11-25(22)33-26-13-12-20(16-23(26)30)27(32)28-17-21-8-2-4-10-24(21)31;5-3(6)1-2-4(7)8/h2-5,8-13,16,19,31H,6-7,14-15,17-18H2,1H3,(H,28,32);1-2H,(H,5,6)(H,7,8)/b;2-1+. The Kier molecular flexibility index (Phi) is 10.0. The second-order valence-corrected chi connectivity index (χ2v) is 10.9. The Hall–Kier alpha value is -4.28. The normalized spacial score (nSPS) is 14.9. The van der Waals surface area contributed by atoms with Gasteiger partial charge in [0.15, 0.2) is 0 Å². The second-order valence-electron chi connectivity index (χ2n) is 9.80. The monoisotopic (exact) mass is 575 g/mol. The summed E-state index contributed by atoms with van der Waals surface area (Å²) in [6.07, 6.45) is 3.67. The van der Waals surface area contributed by atoms with Crippen LogP contribution in [0, 0.1) is 0 Å². The molecule has 3 aromatic rings. The number of carbonyl (C=O) groups excluding carboxylic acids is 1. The number of nitrogens with zero attached hydrogens (tertiary/aromatic N) is 2. The minimum atomic E-state index is -1.26. The highest BCUT2D eigenvalue weighted by atomic mass is 32.2. The molecule has 4 N–H and O–H groups in total. The van der Waals surface area contributed by atoms with Crippen LogP contribution in [0.5, 0.6) is 5.75 Å². The average molecular weight is 576 g/mol. The predicted molar refractivity (Wildman–Crippen MR) is 158 cm³/mol. The Bertz CT molecular complexity index is 1420. The molecule has 2 aliphatic heterocycles. The maximum absolute atomic E-state index is 13.0. The molecule has 1 fully saturated rings. The van der Waals surface area contributed by atoms with E-state index in [4.69, 9.17) is 10.2 Å². The molecule has 10 heteroatoms. The molecule has 2 aliphatic rings. The first kappa shape index (κ1) is 29.7. The lowest BCUT2D eigenvalue weighted by Crippen LogP contribution is -2.40. The first-order chi connectivity index (χ1) is 19.7. The Morgan fingerprint density at radius 3 is 2.22 bits per heavy atom. The number of phenols is 1. The molecule has 9 nitrogen and oxygen atoms in total. The summed E-state index contributed by atoms with van der Waals surface area (Å²) >= 11 is 1.76. The van der Waals surface area contributed by atoms with Crippen LogP contribution in [0.15, 0.2) is 88.7 Å². The van der Waals surface area contributed by atoms with Crippen molar-refractivity contribution < 1.29 is 29.7 Å². The first-order valence-electron chi connectivity index (χ1n) is 13.3. The molecule has 1 amide bonds. The van der Waals surface area contributed by atoms with E-state index in [0.717, 1.165) is 25.3 Å². The zero-order valence-corrected chi connectivity index (χ0v) is 23.5. The van der Waals surface area contributed by atoms with Crippen molar-refractivity contribution in [3.05, 3.63) is 90.0 Å². The molecule has 0 aliphatic carbocycles. The van der Waals surface area contributed by atoms with Gasteiger partial charge in [-0.1, -0.05) is 42.1 Å². The number of hydrogen-bond acceptors (Lipinski definition) is 7. The quantitative estimate of drug-likeness (QED) is 0.270. The van der Waals surface area contributed by atoms with Crippen LogP contribution in [0.1, 0.15) is 35.7 Å². The van der Waals surface area contributed by atoms with Gasteiger partial charge in [-0.15, -0.1) is 0 Å². The molecular weight excluding hydrogens is 542 g/mol. The first-order valence-corrected chi connectivity index (χ1v) is 14.2. The van der Waals surface area contributed by atoms with Gasteiger partial charge in [0.1, 0.15) is 5.75 Å². The lowest BCUT2D eigenvalue weighted by Gasteiger charge is -2.39. The van der Waals surface area contributed by atoms with Gasteiger partial charge in [0, 0.05) is 52.2 Å². The molecule has 214 valence electrons. The summed E-state index contributed by atoms with van der Waals surface area (Å²) in [4.78, 5) is 39.4. The summed E-state index contributed by atoms with van der Waals surface area (Å²) in [6.45, 7) is 5.89. The Labute approximate surface area is 243 Å². The molecular formula is C31H33N3O6S. The molecule has 1 saturated heterocycles. The Morgan fingerprint density at radius 1 is 0.902 bits per heavy atom. The number of anilines is 2. The molecule has 0 spiro atoms. The van der Waals surface area contributed by atoms with Crippen LogP contribution >= 0.6 is 11.8 Å². The Balaban J connectivity index is 0.000000426. The number of carboxylic acid groups (broad SMARTS) is 2. The molecule has 0 radical (unpaired) electrons. The van der Waals surface area contributed by atoms with Gasteiger partial charge in [-0.25, -0.2) is 9.59 Å². The van der Waals surface area contributed by atoms with Crippen LogP contribution in [0.4, 0.5) is 11.4 Å². The van der Waals surface area contributed by atoms with Gasteiger partial charge in [-0.05, 0) is 69.3 Å². The fraction of sp³-hybridized carbons (Fsp3) is 0.258. The number of aromatic hydroxyl groups is 1. The molecule has 5 rings (SSSR count). The fourth-order valence-corrected chi connectivity index (χ4v) is 5.95. The van der Waals surface area contributed by atoms with E-state index in [9.17, 15) is 19.5 Å². The van der Waals surface area contributed by atoms with Gasteiger partial charge in [-0.3, -0.25) is 4.79 Å². The molecule has 0 bridgehead atoms. The van der Waals surface area contributed by atoms with E-state index < -0.39 is 11.9 Å². The lowest BCUT2D eigenvalue weighted by molar-refractivity contribution is -0.134. The van der Waals surface area contributed by atoms with Gasteiger partial charge in [0.05, 0.1) is 11.4 Å². The maximum atomic E-state index is 13.0. The SMILES string of the molecule is CC(CN1CCCC1)N1c2ccccc2Sc2ccc(C(=O)NCc3ccccc3O)cc21.O=C(O)/C=C/C(=O)O. The van der Waals surface area contributed by atoms with E-state index >= 15 is 0 Å². The van der Waals surface area contributed by atoms with E-state index in [1.165, 1.54) is 28.3 Å². The third kappa shape index (κ3) is 7.90. The smallest absolute Gasteiger partial charge is 0.328 e. The van der Waals surface area contributed by atoms with Crippen LogP contribution in [0.25, 0.3) is 0 Å². The molecule has 41 heavy (non-hydrogen) atoms. The van der Waals surface area contributed by atoms with Gasteiger partial charge in [-0.2, -0.15) is 0 Å². The van der Waals surface area contributed by atoms with Crippen molar-refractivity contribution in [3.63, 3.8) is 0 Å². The number of likely N-dealkylation sites (tertiary alicyclic amines) is 1. The Morgan fingerprint density at radius 2 is 1.54 bits per heavy atom. The summed E-state index contributed by atoms with van der Waals surface area (Å²) in [5, 5.41) is 28.6. The number of carboxylic acids is 2. The van der Waals surface area contributed by atoms with Crippen molar-refractivity contribution in [3.8, 4) is 5.75 Å². The molecule has 2 heterocycles. The molecule has 0 aromatic heterocycles. The number of amides is 1. The van der Waals surface area contributed by atoms with Gasteiger partial charge in [0.25, 0.3) is 5.91 Å². The number of benzene rings is 3. The van der Waals surface area contributed by atoms with E-state index in [2.05, 4.69) is 52.4 Å². The highest BCUT2D eigenvalue weighted by Gasteiger charge is 2.29. The molecule has 1 atom stereocenters. The van der Waals surface area contributed by atoms with Crippen LogP contribution in [0.3, 0.4) is 0 Å². The number of hydrogen-bond donors (Lipinski definition) is 4. The zero-order chi connectivity index (χ0) is 29.4. The number of carbonyl (C=O) groups is 3. The summed E-state index contributed by atoms with van der Waals surface area (Å²) in [6, 6.07) is 21.8. The van der Waals surface area contributed by atoms with E-state index in [1.54, 1.807) is 23.9 Å². The number of rotatable bonds is 8. The van der Waals surface area contributed by atoms with Crippen LogP contribution in [-0.4, -0.2) is 63.7 Å². The molecule has 0 saturated carbocycles. The number of para-hydroxylation sites is 2. The fourth-order valence-electron chi connectivity index (χ4n) is 4.90. The molecule has 1 unspecified atom stereocenters. The van der Waals surface area contributed by atoms with E-state index in [-0.39, 0.29) is 24.2 Å². The van der Waals surface area contributed by atoms with E-state index in [0.29, 0.717) is 23.3 Å². The largest absolute Gasteiger partial charge is 0.508 e. The second kappa shape index (κ2) is 13.9. The van der Waals surface area contributed by atoms with Crippen LogP contribution < -0.4 is 10.2 Å². The highest BCUT2D eigenvalue weighted by molar-refractivity contribution is 7.99. The third-order valence-electron chi connectivity index (χ3n) is 6.79. The number of nitrogens with one attached hydrogen (secondary N) is 1.